The Labute approximate surface area is 302 Å². The number of fused-ring (bicyclic) bond motifs is 9. The van der Waals surface area contributed by atoms with E-state index in [4.69, 9.17) is 4.42 Å². The number of para-hydroxylation sites is 2. The minimum absolute atomic E-state index is 0.0407. The first-order valence-electron chi connectivity index (χ1n) is 17.4. The molecule has 4 heterocycles. The van der Waals surface area contributed by atoms with Gasteiger partial charge in [-0.25, -0.2) is 0 Å². The number of rotatable bonds is 4. The largest absolute Gasteiger partial charge is 0.455 e. The Morgan fingerprint density at radius 3 is 2.06 bits per heavy atom. The maximum atomic E-state index is 6.40. The van der Waals surface area contributed by atoms with E-state index in [1.165, 1.54) is 62.6 Å². The Kier molecular flexibility index (Phi) is 6.69. The number of thiophene rings is 2. The highest BCUT2D eigenvalue weighted by atomic mass is 32.1. The van der Waals surface area contributed by atoms with Gasteiger partial charge in [-0.3, -0.25) is 16.0 Å². The van der Waals surface area contributed by atoms with Crippen LogP contribution in [0.25, 0.3) is 73.4 Å². The summed E-state index contributed by atoms with van der Waals surface area (Å²) in [5.41, 5.74) is 7.86. The van der Waals surface area contributed by atoms with Crippen LogP contribution in [0.4, 0.5) is 0 Å². The van der Waals surface area contributed by atoms with Gasteiger partial charge in [0, 0.05) is 56.7 Å². The third-order valence-electron chi connectivity index (χ3n) is 10.4. The molecule has 3 N–H and O–H groups in total. The summed E-state index contributed by atoms with van der Waals surface area (Å²) in [7, 11) is 0. The Morgan fingerprint density at radius 1 is 0.431 bits per heavy atom. The zero-order valence-corrected chi connectivity index (χ0v) is 29.0. The molecule has 1 aliphatic heterocycles. The topological polar surface area (TPSA) is 49.2 Å². The van der Waals surface area contributed by atoms with Crippen molar-refractivity contribution in [1.82, 2.24) is 16.0 Å². The lowest BCUT2D eigenvalue weighted by Gasteiger charge is -2.40. The number of hydrogen-bond acceptors (Lipinski definition) is 6. The molecule has 1 saturated heterocycles. The molecule has 10 aromatic rings. The van der Waals surface area contributed by atoms with Crippen molar-refractivity contribution in [2.45, 2.75) is 18.5 Å². The van der Waals surface area contributed by atoms with Crippen LogP contribution >= 0.6 is 22.7 Å². The summed E-state index contributed by atoms with van der Waals surface area (Å²) in [5.74, 6) is 0. The summed E-state index contributed by atoms with van der Waals surface area (Å²) in [5, 5.41) is 19.3. The molecule has 4 nitrogen and oxygen atoms in total. The van der Waals surface area contributed by atoms with E-state index < -0.39 is 0 Å². The first kappa shape index (κ1) is 29.4. The van der Waals surface area contributed by atoms with Gasteiger partial charge in [-0.05, 0) is 58.7 Å². The summed E-state index contributed by atoms with van der Waals surface area (Å²) >= 11 is 3.72. The quantitative estimate of drug-likeness (QED) is 0.172. The van der Waals surface area contributed by atoms with Crippen molar-refractivity contribution >= 4 is 85.0 Å². The molecule has 3 unspecified atom stereocenters. The van der Waals surface area contributed by atoms with Crippen LogP contribution in [-0.4, -0.2) is 0 Å². The van der Waals surface area contributed by atoms with Gasteiger partial charge in [0.05, 0.1) is 18.5 Å². The molecule has 0 amide bonds. The molecule has 0 spiro atoms. The maximum Gasteiger partial charge on any atom is 0.143 e. The smallest absolute Gasteiger partial charge is 0.143 e. The molecule has 11 rings (SSSR count). The highest BCUT2D eigenvalue weighted by Crippen LogP contribution is 2.42. The van der Waals surface area contributed by atoms with Gasteiger partial charge in [0.1, 0.15) is 11.2 Å². The normalized spacial score (nSPS) is 18.2. The third kappa shape index (κ3) is 4.76. The molecule has 3 atom stereocenters. The molecule has 7 aromatic carbocycles. The van der Waals surface area contributed by atoms with Gasteiger partial charge in [-0.1, -0.05) is 115 Å². The van der Waals surface area contributed by atoms with Crippen LogP contribution in [0.15, 0.2) is 156 Å². The van der Waals surface area contributed by atoms with Crippen molar-refractivity contribution in [1.29, 1.82) is 0 Å². The molecule has 1 fully saturated rings. The Balaban J connectivity index is 1.00. The minimum atomic E-state index is -0.0778. The molecule has 244 valence electrons. The SMILES string of the molecule is c1ccc(C2NC(c3ccc4sc5cc(-c6cccc7c6oc6ccccc67)ccc5c4c3)NC(c3cccc4sc5ccccc5c34)N2)cc1. The van der Waals surface area contributed by atoms with Crippen LogP contribution in [0.2, 0.25) is 0 Å². The predicted molar refractivity (Wildman–Crippen MR) is 215 cm³/mol. The molecule has 0 aliphatic carbocycles. The second kappa shape index (κ2) is 11.6. The van der Waals surface area contributed by atoms with Gasteiger partial charge in [0.15, 0.2) is 0 Å². The first-order chi connectivity index (χ1) is 25.2. The monoisotopic (exact) mass is 693 g/mol. The average molecular weight is 694 g/mol. The molecule has 0 radical (unpaired) electrons. The van der Waals surface area contributed by atoms with Gasteiger partial charge >= 0.3 is 0 Å². The second-order valence-corrected chi connectivity index (χ2v) is 15.5. The van der Waals surface area contributed by atoms with E-state index in [1.54, 1.807) is 0 Å². The Bertz CT molecular complexity index is 2940. The average Bonchev–Trinajstić information content (AvgIpc) is 3.88. The molecular formula is C45H31N3OS2. The van der Waals surface area contributed by atoms with E-state index in [9.17, 15) is 0 Å². The van der Waals surface area contributed by atoms with Crippen LogP contribution in [0, 0.1) is 0 Å². The molecule has 51 heavy (non-hydrogen) atoms. The second-order valence-electron chi connectivity index (χ2n) is 13.4. The first-order valence-corrected chi connectivity index (χ1v) is 19.0. The van der Waals surface area contributed by atoms with Crippen LogP contribution in [0.1, 0.15) is 35.2 Å². The van der Waals surface area contributed by atoms with Gasteiger partial charge in [0.25, 0.3) is 0 Å². The molecule has 6 heteroatoms. The fourth-order valence-electron chi connectivity index (χ4n) is 8.01. The van der Waals surface area contributed by atoms with Crippen molar-refractivity contribution in [2.24, 2.45) is 0 Å². The van der Waals surface area contributed by atoms with E-state index in [2.05, 4.69) is 155 Å². The molecule has 0 saturated carbocycles. The van der Waals surface area contributed by atoms with E-state index in [0.717, 1.165) is 27.5 Å². The lowest BCUT2D eigenvalue weighted by atomic mass is 9.99. The zero-order chi connectivity index (χ0) is 33.5. The summed E-state index contributed by atoms with van der Waals surface area (Å²) in [6.07, 6.45) is -0.187. The van der Waals surface area contributed by atoms with Crippen molar-refractivity contribution < 1.29 is 4.42 Å². The standard InChI is InChI=1S/C45H31N3OS2/c1-2-10-26(11-3-1)43-46-44(48-45(47-43)34-16-9-19-39-41(34)33-13-5-7-18-37(33)50-39)28-21-23-38-35(24-28)31-22-20-27(25-40(31)51-38)29-14-8-15-32-30-12-4-6-17-36(30)49-42(29)32/h1-25,43-48H. The summed E-state index contributed by atoms with van der Waals surface area (Å²) < 4.78 is 11.6. The van der Waals surface area contributed by atoms with Crippen molar-refractivity contribution in [3.8, 4) is 11.1 Å². The summed E-state index contributed by atoms with van der Waals surface area (Å²) in [4.78, 5) is 0. The minimum Gasteiger partial charge on any atom is -0.455 e. The molecule has 1 aliphatic rings. The predicted octanol–water partition coefficient (Wildman–Crippen LogP) is 12.2. The van der Waals surface area contributed by atoms with E-state index in [1.807, 2.05) is 34.8 Å². The van der Waals surface area contributed by atoms with Gasteiger partial charge in [-0.15, -0.1) is 22.7 Å². The van der Waals surface area contributed by atoms with E-state index in [0.29, 0.717) is 0 Å². The fourth-order valence-corrected chi connectivity index (χ4v) is 10.3. The number of furan rings is 1. The van der Waals surface area contributed by atoms with Crippen molar-refractivity contribution in [3.05, 3.63) is 168 Å². The number of hydrogen-bond donors (Lipinski definition) is 3. The summed E-state index contributed by atoms with van der Waals surface area (Å²) in [6.45, 7) is 0. The van der Waals surface area contributed by atoms with Crippen LogP contribution in [0.5, 0.6) is 0 Å². The number of nitrogens with one attached hydrogen (secondary N) is 3. The van der Waals surface area contributed by atoms with Gasteiger partial charge in [-0.2, -0.15) is 0 Å². The lowest BCUT2D eigenvalue weighted by molar-refractivity contribution is 0.204. The third-order valence-corrected chi connectivity index (χ3v) is 12.7. The lowest BCUT2D eigenvalue weighted by Crippen LogP contribution is -2.54. The van der Waals surface area contributed by atoms with Crippen molar-refractivity contribution in [3.63, 3.8) is 0 Å². The van der Waals surface area contributed by atoms with Crippen LogP contribution in [0.3, 0.4) is 0 Å². The fraction of sp³-hybridized carbons (Fsp3) is 0.0667. The molecule has 3 aromatic heterocycles. The maximum absolute atomic E-state index is 6.40. The van der Waals surface area contributed by atoms with Crippen molar-refractivity contribution in [2.75, 3.05) is 0 Å². The van der Waals surface area contributed by atoms with Gasteiger partial charge in [0.2, 0.25) is 0 Å². The molecular weight excluding hydrogens is 663 g/mol. The summed E-state index contributed by atoms with van der Waals surface area (Å²) in [6, 6.07) is 54.7. The van der Waals surface area contributed by atoms with Crippen LogP contribution < -0.4 is 16.0 Å². The van der Waals surface area contributed by atoms with E-state index in [-0.39, 0.29) is 18.5 Å². The number of benzene rings is 7. The molecule has 0 bridgehead atoms. The highest BCUT2D eigenvalue weighted by Gasteiger charge is 2.31. The Morgan fingerprint density at radius 2 is 1.14 bits per heavy atom. The van der Waals surface area contributed by atoms with Gasteiger partial charge < -0.3 is 4.42 Å². The highest BCUT2D eigenvalue weighted by molar-refractivity contribution is 7.26. The van der Waals surface area contributed by atoms with E-state index >= 15 is 0 Å². The zero-order valence-electron chi connectivity index (χ0n) is 27.4. The Hall–Kier alpha value is -5.34. The van der Waals surface area contributed by atoms with Crippen LogP contribution in [-0.2, 0) is 0 Å².